The second kappa shape index (κ2) is 9.02. The smallest absolute Gasteiger partial charge is 0.150 e. The molecule has 0 aliphatic carbocycles. The van der Waals surface area contributed by atoms with Gasteiger partial charge < -0.3 is 9.57 Å². The molecule has 4 nitrogen and oxygen atoms in total. The summed E-state index contributed by atoms with van der Waals surface area (Å²) in [5, 5.41) is 3.98. The van der Waals surface area contributed by atoms with E-state index in [1.807, 2.05) is 12.1 Å². The lowest BCUT2D eigenvalue weighted by Crippen LogP contribution is -2.10. The van der Waals surface area contributed by atoms with Gasteiger partial charge in [0.05, 0.1) is 12.8 Å². The Morgan fingerprint density at radius 2 is 1.56 bits per heavy atom. The molecule has 4 heteroatoms. The number of hydrogen-bond donors (Lipinski definition) is 0. The van der Waals surface area contributed by atoms with Crippen LogP contribution in [0.4, 0.5) is 0 Å². The van der Waals surface area contributed by atoms with Crippen LogP contribution in [-0.2, 0) is 10.3 Å². The van der Waals surface area contributed by atoms with Crippen LogP contribution in [-0.4, -0.2) is 25.7 Å². The first-order valence-electron chi connectivity index (χ1n) is 8.43. The Hall–Kier alpha value is -2.62. The molecule has 2 rings (SSSR count). The van der Waals surface area contributed by atoms with Crippen LogP contribution in [0.25, 0.3) is 0 Å². The second-order valence-electron chi connectivity index (χ2n) is 6.83. The lowest BCUT2D eigenvalue weighted by molar-refractivity contribution is 0.112. The predicted molar refractivity (Wildman–Crippen MR) is 101 cm³/mol. The fourth-order valence-corrected chi connectivity index (χ4v) is 2.18. The van der Waals surface area contributed by atoms with Crippen LogP contribution in [0.3, 0.4) is 0 Å². The van der Waals surface area contributed by atoms with Gasteiger partial charge in [0.15, 0.2) is 0 Å². The van der Waals surface area contributed by atoms with E-state index in [2.05, 4.69) is 38.1 Å². The molecule has 0 aliphatic rings. The van der Waals surface area contributed by atoms with Gasteiger partial charge in [-0.1, -0.05) is 50.2 Å². The van der Waals surface area contributed by atoms with Crippen LogP contribution >= 0.6 is 0 Å². The predicted octanol–water partition coefficient (Wildman–Crippen LogP) is 4.62. The highest BCUT2D eigenvalue weighted by Gasteiger charge is 2.12. The van der Waals surface area contributed by atoms with Crippen LogP contribution in [0.2, 0.25) is 0 Å². The number of benzene rings is 2. The fourth-order valence-electron chi connectivity index (χ4n) is 2.18. The van der Waals surface area contributed by atoms with Gasteiger partial charge in [0.25, 0.3) is 0 Å². The number of oxime groups is 1. The Morgan fingerprint density at radius 3 is 2.16 bits per heavy atom. The van der Waals surface area contributed by atoms with Gasteiger partial charge in [-0.05, 0) is 40.8 Å². The van der Waals surface area contributed by atoms with Crippen molar-refractivity contribution in [2.45, 2.75) is 32.6 Å². The van der Waals surface area contributed by atoms with Gasteiger partial charge >= 0.3 is 0 Å². The molecule has 0 atom stereocenters. The zero-order valence-electron chi connectivity index (χ0n) is 15.1. The highest BCUT2D eigenvalue weighted by atomic mass is 16.6. The first kappa shape index (κ1) is 18.7. The average Bonchev–Trinajstić information content (AvgIpc) is 2.61. The molecule has 0 aliphatic heterocycles. The summed E-state index contributed by atoms with van der Waals surface area (Å²) in [4.78, 5) is 15.8. The first-order valence-corrected chi connectivity index (χ1v) is 8.43. The molecule has 0 N–H and O–H groups in total. The molecule has 0 aromatic heterocycles. The van der Waals surface area contributed by atoms with E-state index in [1.54, 1.807) is 30.5 Å². The van der Waals surface area contributed by atoms with Gasteiger partial charge in [-0.2, -0.15) is 0 Å². The van der Waals surface area contributed by atoms with Crippen molar-refractivity contribution in [3.63, 3.8) is 0 Å². The highest BCUT2D eigenvalue weighted by molar-refractivity contribution is 5.79. The molecule has 0 amide bonds. The molecule has 0 bridgehead atoms. The summed E-state index contributed by atoms with van der Waals surface area (Å²) in [6.07, 6.45) is 3.26. The number of carbonyl (C=O) groups is 1. The van der Waals surface area contributed by atoms with Crippen LogP contribution in [0, 0.1) is 0 Å². The Morgan fingerprint density at radius 1 is 0.920 bits per heavy atom. The maximum atomic E-state index is 10.6. The molecular formula is C21H25NO3. The number of nitrogens with zero attached hydrogens (tertiary/aromatic N) is 1. The summed E-state index contributed by atoms with van der Waals surface area (Å²) in [5.74, 6) is 0.744. The molecule has 0 saturated carbocycles. The van der Waals surface area contributed by atoms with E-state index in [1.165, 1.54) is 5.56 Å². The van der Waals surface area contributed by atoms with E-state index < -0.39 is 0 Å². The summed E-state index contributed by atoms with van der Waals surface area (Å²) in [6.45, 7) is 7.60. The van der Waals surface area contributed by atoms with E-state index in [9.17, 15) is 4.79 Å². The molecule has 2 aromatic carbocycles. The van der Waals surface area contributed by atoms with Gasteiger partial charge in [0.2, 0.25) is 0 Å². The molecule has 0 unspecified atom stereocenters. The van der Waals surface area contributed by atoms with E-state index in [0.717, 1.165) is 24.0 Å². The monoisotopic (exact) mass is 339 g/mol. The molecule has 0 radical (unpaired) electrons. The van der Waals surface area contributed by atoms with Crippen molar-refractivity contribution in [2.24, 2.45) is 5.16 Å². The van der Waals surface area contributed by atoms with Gasteiger partial charge in [-0.3, -0.25) is 4.79 Å². The van der Waals surface area contributed by atoms with Gasteiger partial charge in [0, 0.05) is 12.0 Å². The number of aldehydes is 1. The standard InChI is InChI=1S/C21H25NO3/c1-21(2,3)19-9-5-17(6-10-19)15-22-25-14-4-13-24-20-11-7-18(16-23)8-12-20/h5-12,15-16H,4,13-14H2,1-3H3. The lowest BCUT2D eigenvalue weighted by atomic mass is 9.87. The lowest BCUT2D eigenvalue weighted by Gasteiger charge is -2.18. The quantitative estimate of drug-likeness (QED) is 0.305. The zero-order valence-corrected chi connectivity index (χ0v) is 15.1. The fraction of sp³-hybridized carbons (Fsp3) is 0.333. The minimum Gasteiger partial charge on any atom is -0.493 e. The first-order chi connectivity index (χ1) is 12.0. The Bertz CT molecular complexity index is 683. The van der Waals surface area contributed by atoms with E-state index in [0.29, 0.717) is 18.8 Å². The summed E-state index contributed by atoms with van der Waals surface area (Å²) >= 11 is 0. The molecule has 25 heavy (non-hydrogen) atoms. The molecular weight excluding hydrogens is 314 g/mol. The average molecular weight is 339 g/mol. The summed E-state index contributed by atoms with van der Waals surface area (Å²) in [7, 11) is 0. The third-order valence-electron chi connectivity index (χ3n) is 3.72. The SMILES string of the molecule is CC(C)(C)c1ccc(C=NOCCCOc2ccc(C=O)cc2)cc1. The van der Waals surface area contributed by atoms with Crippen LogP contribution in [0.1, 0.15) is 48.7 Å². The number of ether oxygens (including phenoxy) is 1. The van der Waals surface area contributed by atoms with Crippen molar-refractivity contribution in [1.29, 1.82) is 0 Å². The van der Waals surface area contributed by atoms with Crippen LogP contribution in [0.15, 0.2) is 53.7 Å². The van der Waals surface area contributed by atoms with Crippen LogP contribution in [0.5, 0.6) is 5.75 Å². The number of hydrogen-bond acceptors (Lipinski definition) is 4. The molecule has 0 fully saturated rings. The van der Waals surface area contributed by atoms with Crippen molar-refractivity contribution in [2.75, 3.05) is 13.2 Å². The van der Waals surface area contributed by atoms with Gasteiger partial charge in [-0.25, -0.2) is 0 Å². The summed E-state index contributed by atoms with van der Waals surface area (Å²) < 4.78 is 5.57. The Labute approximate surface area is 149 Å². The van der Waals surface area contributed by atoms with Crippen molar-refractivity contribution < 1.29 is 14.4 Å². The van der Waals surface area contributed by atoms with E-state index in [-0.39, 0.29) is 5.41 Å². The Balaban J connectivity index is 1.65. The minimum absolute atomic E-state index is 0.153. The topological polar surface area (TPSA) is 47.9 Å². The third kappa shape index (κ3) is 6.42. The van der Waals surface area contributed by atoms with Gasteiger partial charge in [-0.15, -0.1) is 0 Å². The highest BCUT2D eigenvalue weighted by Crippen LogP contribution is 2.21. The van der Waals surface area contributed by atoms with Gasteiger partial charge in [0.1, 0.15) is 18.6 Å². The van der Waals surface area contributed by atoms with Crippen LogP contribution < -0.4 is 4.74 Å². The Kier molecular flexibility index (Phi) is 6.75. The molecule has 2 aromatic rings. The number of rotatable bonds is 8. The van der Waals surface area contributed by atoms with E-state index >= 15 is 0 Å². The van der Waals surface area contributed by atoms with Crippen molar-refractivity contribution in [1.82, 2.24) is 0 Å². The maximum Gasteiger partial charge on any atom is 0.150 e. The largest absolute Gasteiger partial charge is 0.493 e. The minimum atomic E-state index is 0.153. The second-order valence-corrected chi connectivity index (χ2v) is 6.83. The van der Waals surface area contributed by atoms with Crippen molar-refractivity contribution in [3.05, 3.63) is 65.2 Å². The molecule has 0 spiro atoms. The van der Waals surface area contributed by atoms with Crippen molar-refractivity contribution in [3.8, 4) is 5.75 Å². The molecule has 132 valence electrons. The van der Waals surface area contributed by atoms with E-state index in [4.69, 9.17) is 9.57 Å². The van der Waals surface area contributed by atoms with Crippen molar-refractivity contribution >= 4 is 12.5 Å². The summed E-state index contributed by atoms with van der Waals surface area (Å²) in [6, 6.07) is 15.3. The molecule has 0 saturated heterocycles. The normalized spacial score (nSPS) is 11.5. The maximum absolute atomic E-state index is 10.6. The number of carbonyl (C=O) groups excluding carboxylic acids is 1. The summed E-state index contributed by atoms with van der Waals surface area (Å²) in [5.41, 5.74) is 3.10. The zero-order chi connectivity index (χ0) is 18.1. The third-order valence-corrected chi connectivity index (χ3v) is 3.72. The molecule has 0 heterocycles.